The fourth-order valence-corrected chi connectivity index (χ4v) is 2.28. The van der Waals surface area contributed by atoms with Crippen molar-refractivity contribution >= 4 is 10.9 Å². The van der Waals surface area contributed by atoms with Crippen molar-refractivity contribution in [3.05, 3.63) is 71.9 Å². The van der Waals surface area contributed by atoms with E-state index in [0.29, 0.717) is 6.61 Å². The lowest BCUT2D eigenvalue weighted by Crippen LogP contribution is -1.98. The standard InChI is InChI=1S/C18H17NO2/c1-13(20)14-6-8-16(9-7-14)21-12-15-10-11-19-18-5-3-2-4-17(15)18/h2-11,13,20H,12H2,1H3/t13-/m1/s1. The second-order valence-electron chi connectivity index (χ2n) is 5.02. The predicted molar refractivity (Wildman–Crippen MR) is 83.2 cm³/mol. The number of hydrogen-bond acceptors (Lipinski definition) is 3. The molecule has 106 valence electrons. The van der Waals surface area contributed by atoms with Crippen molar-refractivity contribution in [1.29, 1.82) is 0 Å². The van der Waals surface area contributed by atoms with Gasteiger partial charge < -0.3 is 9.84 Å². The summed E-state index contributed by atoms with van der Waals surface area (Å²) in [5.41, 5.74) is 2.97. The molecular weight excluding hydrogens is 262 g/mol. The van der Waals surface area contributed by atoms with Gasteiger partial charge >= 0.3 is 0 Å². The number of rotatable bonds is 4. The van der Waals surface area contributed by atoms with Gasteiger partial charge in [-0.2, -0.15) is 0 Å². The molecule has 1 N–H and O–H groups in total. The Morgan fingerprint density at radius 1 is 1.05 bits per heavy atom. The van der Waals surface area contributed by atoms with Crippen LogP contribution in [-0.4, -0.2) is 10.1 Å². The third kappa shape index (κ3) is 3.03. The lowest BCUT2D eigenvalue weighted by Gasteiger charge is -2.10. The van der Waals surface area contributed by atoms with E-state index >= 15 is 0 Å². The van der Waals surface area contributed by atoms with E-state index < -0.39 is 6.10 Å². The van der Waals surface area contributed by atoms with Crippen LogP contribution in [0.1, 0.15) is 24.2 Å². The van der Waals surface area contributed by atoms with Gasteiger partial charge in [0.1, 0.15) is 12.4 Å². The molecule has 1 heterocycles. The Labute approximate surface area is 123 Å². The molecule has 0 aliphatic carbocycles. The average Bonchev–Trinajstić information content (AvgIpc) is 2.53. The van der Waals surface area contributed by atoms with Crippen LogP contribution in [0, 0.1) is 0 Å². The van der Waals surface area contributed by atoms with Crippen molar-refractivity contribution in [2.75, 3.05) is 0 Å². The maximum absolute atomic E-state index is 9.49. The van der Waals surface area contributed by atoms with Gasteiger partial charge in [-0.3, -0.25) is 4.98 Å². The second kappa shape index (κ2) is 5.94. The highest BCUT2D eigenvalue weighted by Crippen LogP contribution is 2.21. The smallest absolute Gasteiger partial charge is 0.119 e. The quantitative estimate of drug-likeness (QED) is 0.788. The maximum Gasteiger partial charge on any atom is 0.119 e. The summed E-state index contributed by atoms with van der Waals surface area (Å²) >= 11 is 0. The minimum Gasteiger partial charge on any atom is -0.489 e. The lowest BCUT2D eigenvalue weighted by atomic mass is 10.1. The van der Waals surface area contributed by atoms with Gasteiger partial charge in [-0.05, 0) is 36.8 Å². The first-order valence-corrected chi connectivity index (χ1v) is 6.97. The summed E-state index contributed by atoms with van der Waals surface area (Å²) in [6, 6.07) is 17.5. The summed E-state index contributed by atoms with van der Waals surface area (Å²) in [5, 5.41) is 10.6. The summed E-state index contributed by atoms with van der Waals surface area (Å²) in [6.07, 6.45) is 1.35. The van der Waals surface area contributed by atoms with E-state index in [1.165, 1.54) is 0 Å². The normalized spacial score (nSPS) is 12.3. The molecule has 0 aliphatic heterocycles. The van der Waals surface area contributed by atoms with Crippen molar-refractivity contribution in [1.82, 2.24) is 4.98 Å². The molecule has 0 saturated heterocycles. The van der Waals surface area contributed by atoms with Gasteiger partial charge in [0.15, 0.2) is 0 Å². The molecule has 0 aliphatic rings. The minimum absolute atomic E-state index is 0.455. The van der Waals surface area contributed by atoms with Crippen LogP contribution in [0.15, 0.2) is 60.8 Å². The third-order valence-corrected chi connectivity index (χ3v) is 3.50. The average molecular weight is 279 g/mol. The summed E-state index contributed by atoms with van der Waals surface area (Å²) in [5.74, 6) is 0.792. The fourth-order valence-electron chi connectivity index (χ4n) is 2.28. The van der Waals surface area contributed by atoms with Crippen LogP contribution < -0.4 is 4.74 Å². The van der Waals surface area contributed by atoms with Crippen LogP contribution in [0.4, 0.5) is 0 Å². The van der Waals surface area contributed by atoms with Crippen LogP contribution in [0.3, 0.4) is 0 Å². The maximum atomic E-state index is 9.49. The van der Waals surface area contributed by atoms with Crippen molar-refractivity contribution in [2.45, 2.75) is 19.6 Å². The number of aliphatic hydroxyl groups excluding tert-OH is 1. The largest absolute Gasteiger partial charge is 0.489 e. The Balaban J connectivity index is 1.77. The molecule has 3 aromatic rings. The molecule has 0 spiro atoms. The second-order valence-corrected chi connectivity index (χ2v) is 5.02. The Hall–Kier alpha value is -2.39. The Morgan fingerprint density at radius 2 is 1.81 bits per heavy atom. The summed E-state index contributed by atoms with van der Waals surface area (Å²) in [7, 11) is 0. The SMILES string of the molecule is C[C@@H](O)c1ccc(OCc2ccnc3ccccc23)cc1. The first kappa shape index (κ1) is 13.6. The third-order valence-electron chi connectivity index (χ3n) is 3.50. The highest BCUT2D eigenvalue weighted by atomic mass is 16.5. The molecule has 0 fully saturated rings. The van der Waals surface area contributed by atoms with Gasteiger partial charge in [-0.15, -0.1) is 0 Å². The summed E-state index contributed by atoms with van der Waals surface area (Å²) < 4.78 is 5.83. The van der Waals surface area contributed by atoms with E-state index in [2.05, 4.69) is 11.1 Å². The Bertz CT molecular complexity index is 730. The number of pyridine rings is 1. The summed E-state index contributed by atoms with van der Waals surface area (Å²) in [4.78, 5) is 4.34. The van der Waals surface area contributed by atoms with E-state index in [-0.39, 0.29) is 0 Å². The van der Waals surface area contributed by atoms with Crippen LogP contribution >= 0.6 is 0 Å². The number of nitrogens with zero attached hydrogens (tertiary/aromatic N) is 1. The zero-order chi connectivity index (χ0) is 14.7. The van der Waals surface area contributed by atoms with Crippen molar-refractivity contribution < 1.29 is 9.84 Å². The van der Waals surface area contributed by atoms with Gasteiger partial charge in [-0.1, -0.05) is 30.3 Å². The van der Waals surface area contributed by atoms with Crippen LogP contribution in [0.5, 0.6) is 5.75 Å². The first-order valence-electron chi connectivity index (χ1n) is 6.97. The molecule has 3 nitrogen and oxygen atoms in total. The zero-order valence-corrected chi connectivity index (χ0v) is 11.9. The molecule has 3 heteroatoms. The van der Waals surface area contributed by atoms with Crippen LogP contribution in [-0.2, 0) is 6.61 Å². The number of aliphatic hydroxyl groups is 1. The van der Waals surface area contributed by atoms with Gasteiger partial charge in [0, 0.05) is 17.1 Å². The Morgan fingerprint density at radius 3 is 2.57 bits per heavy atom. The van der Waals surface area contributed by atoms with Crippen molar-refractivity contribution in [3.8, 4) is 5.75 Å². The number of para-hydroxylation sites is 1. The van der Waals surface area contributed by atoms with Crippen LogP contribution in [0.25, 0.3) is 10.9 Å². The van der Waals surface area contributed by atoms with E-state index in [4.69, 9.17) is 4.74 Å². The lowest BCUT2D eigenvalue weighted by molar-refractivity contribution is 0.199. The van der Waals surface area contributed by atoms with Crippen molar-refractivity contribution in [3.63, 3.8) is 0 Å². The van der Waals surface area contributed by atoms with E-state index in [9.17, 15) is 5.11 Å². The van der Waals surface area contributed by atoms with Gasteiger partial charge in [-0.25, -0.2) is 0 Å². The topological polar surface area (TPSA) is 42.4 Å². The molecule has 1 atom stereocenters. The van der Waals surface area contributed by atoms with E-state index in [1.54, 1.807) is 13.1 Å². The van der Waals surface area contributed by atoms with E-state index in [0.717, 1.165) is 27.8 Å². The number of benzene rings is 2. The molecule has 0 saturated carbocycles. The fraction of sp³-hybridized carbons (Fsp3) is 0.167. The molecule has 0 radical (unpaired) electrons. The molecular formula is C18H17NO2. The van der Waals surface area contributed by atoms with Crippen LogP contribution in [0.2, 0.25) is 0 Å². The highest BCUT2D eigenvalue weighted by molar-refractivity contribution is 5.81. The zero-order valence-electron chi connectivity index (χ0n) is 11.9. The molecule has 1 aromatic heterocycles. The van der Waals surface area contributed by atoms with Crippen molar-refractivity contribution in [2.24, 2.45) is 0 Å². The monoisotopic (exact) mass is 279 g/mol. The molecule has 0 unspecified atom stereocenters. The van der Waals surface area contributed by atoms with Gasteiger partial charge in [0.2, 0.25) is 0 Å². The molecule has 0 amide bonds. The molecule has 21 heavy (non-hydrogen) atoms. The number of fused-ring (bicyclic) bond motifs is 1. The number of ether oxygens (including phenoxy) is 1. The van der Waals surface area contributed by atoms with E-state index in [1.807, 2.05) is 48.5 Å². The number of aromatic nitrogens is 1. The highest BCUT2D eigenvalue weighted by Gasteiger charge is 2.04. The summed E-state index contributed by atoms with van der Waals surface area (Å²) in [6.45, 7) is 2.25. The molecule has 0 bridgehead atoms. The first-order chi connectivity index (χ1) is 10.2. The Kier molecular flexibility index (Phi) is 3.84. The molecule has 3 rings (SSSR count). The minimum atomic E-state index is -0.455. The predicted octanol–water partition coefficient (Wildman–Crippen LogP) is 3.87. The van der Waals surface area contributed by atoms with Gasteiger partial charge in [0.05, 0.1) is 11.6 Å². The number of hydrogen-bond donors (Lipinski definition) is 1. The van der Waals surface area contributed by atoms with Gasteiger partial charge in [0.25, 0.3) is 0 Å². The molecule has 2 aromatic carbocycles.